The van der Waals surface area contributed by atoms with Gasteiger partial charge in [-0.3, -0.25) is 9.59 Å². The van der Waals surface area contributed by atoms with Crippen LogP contribution >= 0.6 is 0 Å². The molecular weight excluding hydrogens is 435 g/mol. The van der Waals surface area contributed by atoms with Crippen molar-refractivity contribution in [1.29, 1.82) is 0 Å². The van der Waals surface area contributed by atoms with E-state index < -0.39 is 11.7 Å². The number of ketones is 1. The molecule has 0 radical (unpaired) electrons. The Morgan fingerprint density at radius 2 is 1.82 bits per heavy atom. The molecule has 3 rings (SSSR count). The second kappa shape index (κ2) is 9.97. The van der Waals surface area contributed by atoms with Gasteiger partial charge in [-0.15, -0.1) is 0 Å². The van der Waals surface area contributed by atoms with Crippen molar-refractivity contribution in [1.82, 2.24) is 9.97 Å². The molecule has 0 aliphatic rings. The van der Waals surface area contributed by atoms with Gasteiger partial charge < -0.3 is 10.1 Å². The van der Waals surface area contributed by atoms with Crippen molar-refractivity contribution in [3.8, 4) is 5.88 Å². The maximum atomic E-state index is 12.8. The maximum Gasteiger partial charge on any atom is 0.416 e. The molecule has 2 aromatic heterocycles. The average Bonchev–Trinajstić information content (AvgIpc) is 2.75. The normalized spacial score (nSPS) is 11.6. The largest absolute Gasteiger partial charge is 0.478 e. The third kappa shape index (κ3) is 6.50. The lowest BCUT2D eigenvalue weighted by molar-refractivity contribution is -0.137. The second-order valence-corrected chi connectivity index (χ2v) is 7.96. The summed E-state index contributed by atoms with van der Waals surface area (Å²) in [5.74, 6) is 0.0993. The van der Waals surface area contributed by atoms with E-state index in [4.69, 9.17) is 4.74 Å². The first-order valence-corrected chi connectivity index (χ1v) is 10.5. The van der Waals surface area contributed by atoms with Gasteiger partial charge in [0.1, 0.15) is 5.82 Å². The van der Waals surface area contributed by atoms with E-state index >= 15 is 0 Å². The van der Waals surface area contributed by atoms with Crippen molar-refractivity contribution >= 4 is 28.4 Å². The number of fused-ring (bicyclic) bond motifs is 1. The molecule has 1 amide bonds. The Bertz CT molecular complexity index is 1180. The van der Waals surface area contributed by atoms with Crippen molar-refractivity contribution < 1.29 is 27.5 Å². The predicted molar refractivity (Wildman–Crippen MR) is 118 cm³/mol. The van der Waals surface area contributed by atoms with E-state index in [-0.39, 0.29) is 36.5 Å². The van der Waals surface area contributed by atoms with Crippen LogP contribution in [-0.2, 0) is 11.0 Å². The molecule has 0 bridgehead atoms. The number of nitrogens with zero attached hydrogens (tertiary/aromatic N) is 2. The number of benzene rings is 1. The van der Waals surface area contributed by atoms with Gasteiger partial charge in [-0.05, 0) is 49.7 Å². The number of pyridine rings is 2. The maximum absolute atomic E-state index is 12.8. The summed E-state index contributed by atoms with van der Waals surface area (Å²) in [5.41, 5.74) is 0.720. The number of ether oxygens (including phenoxy) is 1. The summed E-state index contributed by atoms with van der Waals surface area (Å²) < 4.78 is 44.0. The smallest absolute Gasteiger partial charge is 0.416 e. The molecule has 0 saturated carbocycles. The molecule has 0 aliphatic heterocycles. The highest BCUT2D eigenvalue weighted by atomic mass is 19.4. The molecule has 0 spiro atoms. The van der Waals surface area contributed by atoms with Crippen molar-refractivity contribution in [3.63, 3.8) is 0 Å². The van der Waals surface area contributed by atoms with Crippen LogP contribution < -0.4 is 10.1 Å². The van der Waals surface area contributed by atoms with Gasteiger partial charge in [0.05, 0.1) is 17.7 Å². The average molecular weight is 459 g/mol. The van der Waals surface area contributed by atoms with Crippen LogP contribution in [0.25, 0.3) is 10.9 Å². The summed E-state index contributed by atoms with van der Waals surface area (Å²) in [6, 6.07) is 9.55. The number of aromatic nitrogens is 2. The minimum Gasteiger partial charge on any atom is -0.478 e. The Morgan fingerprint density at radius 3 is 2.52 bits per heavy atom. The lowest BCUT2D eigenvalue weighted by atomic mass is 10.1. The molecule has 3 aromatic rings. The predicted octanol–water partition coefficient (Wildman–Crippen LogP) is 5.59. The molecule has 9 heteroatoms. The zero-order valence-electron chi connectivity index (χ0n) is 18.5. The third-order valence-electron chi connectivity index (χ3n) is 4.84. The van der Waals surface area contributed by atoms with Crippen molar-refractivity contribution in [3.05, 3.63) is 59.3 Å². The monoisotopic (exact) mass is 459 g/mol. The molecule has 1 aromatic carbocycles. The molecule has 2 heterocycles. The second-order valence-electron chi connectivity index (χ2n) is 7.96. The van der Waals surface area contributed by atoms with Crippen LogP contribution in [0.2, 0.25) is 0 Å². The van der Waals surface area contributed by atoms with Gasteiger partial charge in [0, 0.05) is 35.0 Å². The van der Waals surface area contributed by atoms with Crippen LogP contribution in [0.1, 0.15) is 48.3 Å². The van der Waals surface area contributed by atoms with Crippen molar-refractivity contribution in [2.24, 2.45) is 5.92 Å². The number of carbonyl (C=O) groups excluding carboxylic acids is 2. The van der Waals surface area contributed by atoms with Crippen LogP contribution in [0.5, 0.6) is 5.88 Å². The lowest BCUT2D eigenvalue weighted by Gasteiger charge is -2.10. The zero-order chi connectivity index (χ0) is 24.2. The fourth-order valence-corrected chi connectivity index (χ4v) is 3.08. The number of anilines is 1. The Hall–Kier alpha value is -3.49. The van der Waals surface area contributed by atoms with Crippen LogP contribution in [0, 0.1) is 12.8 Å². The molecule has 0 fully saturated rings. The van der Waals surface area contributed by atoms with Gasteiger partial charge in [0.2, 0.25) is 11.8 Å². The fraction of sp³-hybridized carbons (Fsp3) is 0.333. The minimum atomic E-state index is -4.41. The molecule has 33 heavy (non-hydrogen) atoms. The standard InChI is InChI=1S/C24H24F3N3O3/c1-14(2)23(32)30-21-13-17(11-15(3)28-21)20(31)5-4-10-33-22-9-6-16-12-18(24(25,26)27)7-8-19(16)29-22/h6-9,11-14H,4-5,10H2,1-3H3,(H,28,30,32). The van der Waals surface area contributed by atoms with Crippen LogP contribution in [0.15, 0.2) is 42.5 Å². The highest BCUT2D eigenvalue weighted by molar-refractivity contribution is 5.98. The van der Waals surface area contributed by atoms with Crippen molar-refractivity contribution in [2.75, 3.05) is 11.9 Å². The number of halogens is 3. The van der Waals surface area contributed by atoms with E-state index in [1.807, 2.05) is 0 Å². The number of rotatable bonds is 8. The Morgan fingerprint density at radius 1 is 1.06 bits per heavy atom. The van der Waals surface area contributed by atoms with Gasteiger partial charge in [-0.1, -0.05) is 13.8 Å². The Balaban J connectivity index is 1.56. The number of hydrogen-bond acceptors (Lipinski definition) is 5. The molecular formula is C24H24F3N3O3. The first-order chi connectivity index (χ1) is 15.5. The number of carbonyl (C=O) groups is 2. The molecule has 0 aliphatic carbocycles. The molecule has 174 valence electrons. The number of nitrogens with one attached hydrogen (secondary N) is 1. The molecule has 1 N–H and O–H groups in total. The summed E-state index contributed by atoms with van der Waals surface area (Å²) in [4.78, 5) is 32.9. The quantitative estimate of drug-likeness (QED) is 0.351. The van der Waals surface area contributed by atoms with Crippen LogP contribution in [-0.4, -0.2) is 28.3 Å². The fourth-order valence-electron chi connectivity index (χ4n) is 3.08. The number of Topliss-reactive ketones (excluding diaryl/α,β-unsaturated/α-hetero) is 1. The third-order valence-corrected chi connectivity index (χ3v) is 4.84. The number of aryl methyl sites for hydroxylation is 1. The number of hydrogen-bond donors (Lipinski definition) is 1. The first-order valence-electron chi connectivity index (χ1n) is 10.5. The molecule has 0 saturated heterocycles. The van der Waals surface area contributed by atoms with E-state index in [2.05, 4.69) is 15.3 Å². The molecule has 0 atom stereocenters. The van der Waals surface area contributed by atoms with Crippen LogP contribution in [0.3, 0.4) is 0 Å². The van der Waals surface area contributed by atoms with Gasteiger partial charge in [0.15, 0.2) is 5.78 Å². The van der Waals surface area contributed by atoms with E-state index in [0.29, 0.717) is 34.4 Å². The first kappa shape index (κ1) is 24.2. The summed E-state index contributed by atoms with van der Waals surface area (Å²) in [5, 5.41) is 3.06. The van der Waals surface area contributed by atoms with Crippen LogP contribution in [0.4, 0.5) is 19.0 Å². The number of alkyl halides is 3. The summed E-state index contributed by atoms with van der Waals surface area (Å²) in [6.45, 7) is 5.49. The van der Waals surface area contributed by atoms with Gasteiger partial charge in [-0.2, -0.15) is 13.2 Å². The van der Waals surface area contributed by atoms with E-state index in [0.717, 1.165) is 12.1 Å². The summed E-state index contributed by atoms with van der Waals surface area (Å²) in [6.07, 6.45) is -3.78. The molecule has 6 nitrogen and oxygen atoms in total. The zero-order valence-corrected chi connectivity index (χ0v) is 18.5. The Labute approximate surface area is 189 Å². The minimum absolute atomic E-state index is 0.115. The van der Waals surface area contributed by atoms with Gasteiger partial charge >= 0.3 is 6.18 Å². The SMILES string of the molecule is Cc1cc(C(=O)CCCOc2ccc3cc(C(F)(F)F)ccc3n2)cc(NC(=O)C(C)C)n1. The van der Waals surface area contributed by atoms with Gasteiger partial charge in [0.25, 0.3) is 0 Å². The molecule has 0 unspecified atom stereocenters. The van der Waals surface area contributed by atoms with Crippen molar-refractivity contribution in [2.45, 2.75) is 39.8 Å². The van der Waals surface area contributed by atoms with E-state index in [9.17, 15) is 22.8 Å². The summed E-state index contributed by atoms with van der Waals surface area (Å²) >= 11 is 0. The Kier molecular flexibility index (Phi) is 7.30. The lowest BCUT2D eigenvalue weighted by Crippen LogP contribution is -2.19. The van der Waals surface area contributed by atoms with Gasteiger partial charge in [-0.25, -0.2) is 9.97 Å². The highest BCUT2D eigenvalue weighted by Gasteiger charge is 2.30. The van der Waals surface area contributed by atoms with E-state index in [1.165, 1.54) is 18.2 Å². The topological polar surface area (TPSA) is 81.2 Å². The number of amides is 1. The highest BCUT2D eigenvalue weighted by Crippen LogP contribution is 2.31. The summed E-state index contributed by atoms with van der Waals surface area (Å²) in [7, 11) is 0. The van der Waals surface area contributed by atoms with E-state index in [1.54, 1.807) is 32.9 Å².